The molecule has 0 aliphatic rings. The van der Waals surface area contributed by atoms with Gasteiger partial charge in [-0.2, -0.15) is 0 Å². The Morgan fingerprint density at radius 2 is 2.55 bits per heavy atom. The molecule has 0 fully saturated rings. The quantitative estimate of drug-likeness (QED) is 0.507. The monoisotopic (exact) mass is 168 g/mol. The summed E-state index contributed by atoms with van der Waals surface area (Å²) >= 11 is 1.41. The van der Waals surface area contributed by atoms with Gasteiger partial charge in [-0.1, -0.05) is 6.08 Å². The molecular formula is C8H8O2S. The Morgan fingerprint density at radius 1 is 1.73 bits per heavy atom. The van der Waals surface area contributed by atoms with Gasteiger partial charge in [0.15, 0.2) is 5.06 Å². The Morgan fingerprint density at radius 3 is 3.18 bits per heavy atom. The fraction of sp³-hybridized carbons (Fsp3) is 0.125. The van der Waals surface area contributed by atoms with Gasteiger partial charge in [0.1, 0.15) is 0 Å². The maximum absolute atomic E-state index is 9.99. The van der Waals surface area contributed by atoms with Crippen LogP contribution in [0.3, 0.4) is 0 Å². The van der Waals surface area contributed by atoms with E-state index in [0.29, 0.717) is 11.5 Å². The van der Waals surface area contributed by atoms with Crippen molar-refractivity contribution in [3.63, 3.8) is 0 Å². The molecule has 0 radical (unpaired) electrons. The van der Waals surface area contributed by atoms with Crippen molar-refractivity contribution >= 4 is 17.8 Å². The lowest BCUT2D eigenvalue weighted by Crippen LogP contribution is -1.88. The number of thiophene rings is 1. The molecule has 0 amide bonds. The molecule has 58 valence electrons. The van der Waals surface area contributed by atoms with Crippen molar-refractivity contribution in [1.29, 1.82) is 0 Å². The third-order valence-corrected chi connectivity index (χ3v) is 2.07. The molecule has 0 bridgehead atoms. The summed E-state index contributed by atoms with van der Waals surface area (Å²) in [5, 5.41) is 2.55. The molecule has 0 aliphatic carbocycles. The number of hydrogen-bond acceptors (Lipinski definition) is 3. The zero-order chi connectivity index (χ0) is 8.10. The maximum Gasteiger partial charge on any atom is 0.299 e. The predicted octanol–water partition coefficient (Wildman–Crippen LogP) is 2.01. The van der Waals surface area contributed by atoms with Crippen LogP contribution in [0.2, 0.25) is 0 Å². The minimum absolute atomic E-state index is 0.443. The van der Waals surface area contributed by atoms with Crippen molar-refractivity contribution in [2.24, 2.45) is 0 Å². The van der Waals surface area contributed by atoms with Crippen LogP contribution in [0.4, 0.5) is 0 Å². The molecule has 1 aromatic rings. The van der Waals surface area contributed by atoms with Crippen molar-refractivity contribution in [3.05, 3.63) is 29.7 Å². The second-order valence-electron chi connectivity index (χ2n) is 1.94. The number of carbonyl (C=O) groups excluding carboxylic acids is 1. The molecule has 0 unspecified atom stereocenters. The molecule has 1 heterocycles. The van der Waals surface area contributed by atoms with Crippen LogP contribution in [0, 0.1) is 0 Å². The summed E-state index contributed by atoms with van der Waals surface area (Å²) in [6.45, 7) is 4.04. The van der Waals surface area contributed by atoms with Gasteiger partial charge >= 0.3 is 0 Å². The number of hydrogen-bond donors (Lipinski definition) is 0. The number of rotatable bonds is 4. The van der Waals surface area contributed by atoms with E-state index in [-0.39, 0.29) is 0 Å². The van der Waals surface area contributed by atoms with Crippen LogP contribution >= 0.6 is 11.3 Å². The fourth-order valence-electron chi connectivity index (χ4n) is 0.776. The van der Waals surface area contributed by atoms with Crippen LogP contribution in [-0.2, 0) is 11.2 Å². The second kappa shape index (κ2) is 3.93. The average molecular weight is 168 g/mol. The van der Waals surface area contributed by atoms with Gasteiger partial charge < -0.3 is 4.74 Å². The SMILES string of the molecule is C=CCc1ccsc1OC=O. The van der Waals surface area contributed by atoms with Crippen LogP contribution < -0.4 is 4.74 Å². The third kappa shape index (κ3) is 1.91. The topological polar surface area (TPSA) is 26.3 Å². The molecule has 0 spiro atoms. The molecule has 3 heteroatoms. The molecule has 1 rings (SSSR count). The van der Waals surface area contributed by atoms with E-state index < -0.39 is 0 Å². The largest absolute Gasteiger partial charge is 0.417 e. The van der Waals surface area contributed by atoms with Gasteiger partial charge in [0.2, 0.25) is 0 Å². The molecule has 0 saturated heterocycles. The van der Waals surface area contributed by atoms with Crippen LogP contribution in [0.1, 0.15) is 5.56 Å². The molecule has 2 nitrogen and oxygen atoms in total. The molecule has 11 heavy (non-hydrogen) atoms. The first kappa shape index (κ1) is 8.01. The van der Waals surface area contributed by atoms with Crippen LogP contribution in [0.5, 0.6) is 5.06 Å². The van der Waals surface area contributed by atoms with Crippen molar-refractivity contribution in [2.75, 3.05) is 0 Å². The van der Waals surface area contributed by atoms with Crippen LogP contribution in [-0.4, -0.2) is 6.47 Å². The Bertz CT molecular complexity index is 228. The van der Waals surface area contributed by atoms with Gasteiger partial charge in [0.25, 0.3) is 6.47 Å². The molecule has 0 aromatic carbocycles. The van der Waals surface area contributed by atoms with Gasteiger partial charge in [-0.25, -0.2) is 0 Å². The van der Waals surface area contributed by atoms with Crippen molar-refractivity contribution in [3.8, 4) is 5.06 Å². The summed E-state index contributed by atoms with van der Waals surface area (Å²) in [7, 11) is 0. The number of allylic oxidation sites excluding steroid dienone is 1. The van der Waals surface area contributed by atoms with E-state index in [1.807, 2.05) is 11.4 Å². The minimum atomic E-state index is 0.443. The highest BCUT2D eigenvalue weighted by atomic mass is 32.1. The molecular weight excluding hydrogens is 160 g/mol. The van der Waals surface area contributed by atoms with Gasteiger partial charge in [-0.3, -0.25) is 4.79 Å². The average Bonchev–Trinajstić information content (AvgIpc) is 2.39. The minimum Gasteiger partial charge on any atom is -0.417 e. The van der Waals surface area contributed by atoms with Crippen molar-refractivity contribution < 1.29 is 9.53 Å². The van der Waals surface area contributed by atoms with Crippen LogP contribution in [0.25, 0.3) is 0 Å². The van der Waals surface area contributed by atoms with Gasteiger partial charge in [-0.15, -0.1) is 17.9 Å². The fourth-order valence-corrected chi connectivity index (χ4v) is 1.53. The first-order valence-corrected chi connectivity index (χ1v) is 4.04. The Labute approximate surface area is 69.1 Å². The molecule has 0 saturated carbocycles. The lowest BCUT2D eigenvalue weighted by Gasteiger charge is -1.95. The van der Waals surface area contributed by atoms with E-state index in [9.17, 15) is 4.79 Å². The van der Waals surface area contributed by atoms with Crippen molar-refractivity contribution in [1.82, 2.24) is 0 Å². The van der Waals surface area contributed by atoms with Crippen molar-refractivity contribution in [2.45, 2.75) is 6.42 Å². The van der Waals surface area contributed by atoms with E-state index in [1.54, 1.807) is 6.08 Å². The maximum atomic E-state index is 9.99. The smallest absolute Gasteiger partial charge is 0.299 e. The molecule has 1 aromatic heterocycles. The van der Waals surface area contributed by atoms with Gasteiger partial charge in [0, 0.05) is 5.56 Å². The van der Waals surface area contributed by atoms with Gasteiger partial charge in [0.05, 0.1) is 0 Å². The molecule has 0 N–H and O–H groups in total. The normalized spacial score (nSPS) is 9.09. The summed E-state index contributed by atoms with van der Waals surface area (Å²) in [5.74, 6) is 0. The van der Waals surface area contributed by atoms with Gasteiger partial charge in [-0.05, 0) is 17.9 Å². The summed E-state index contributed by atoms with van der Waals surface area (Å²) in [6, 6.07) is 1.92. The number of ether oxygens (including phenoxy) is 1. The van der Waals surface area contributed by atoms with E-state index in [0.717, 1.165) is 12.0 Å². The highest BCUT2D eigenvalue weighted by Crippen LogP contribution is 2.25. The molecule has 0 atom stereocenters. The first-order chi connectivity index (χ1) is 5.38. The molecule has 0 aliphatic heterocycles. The summed E-state index contributed by atoms with van der Waals surface area (Å²) in [6.07, 6.45) is 2.52. The van der Waals surface area contributed by atoms with E-state index >= 15 is 0 Å². The Balaban J connectivity index is 2.76. The predicted molar refractivity (Wildman–Crippen MR) is 44.9 cm³/mol. The highest BCUT2D eigenvalue weighted by molar-refractivity contribution is 7.12. The summed E-state index contributed by atoms with van der Waals surface area (Å²) < 4.78 is 4.72. The first-order valence-electron chi connectivity index (χ1n) is 3.16. The Hall–Kier alpha value is -1.09. The highest BCUT2D eigenvalue weighted by Gasteiger charge is 2.01. The summed E-state index contributed by atoms with van der Waals surface area (Å²) in [5.41, 5.74) is 1.01. The van der Waals surface area contributed by atoms with E-state index in [2.05, 4.69) is 6.58 Å². The van der Waals surface area contributed by atoms with E-state index in [1.165, 1.54) is 11.3 Å². The zero-order valence-corrected chi connectivity index (χ0v) is 6.76. The second-order valence-corrected chi connectivity index (χ2v) is 2.82. The zero-order valence-electron chi connectivity index (χ0n) is 5.95. The number of carbonyl (C=O) groups is 1. The third-order valence-electron chi connectivity index (χ3n) is 1.23. The standard InChI is InChI=1S/C8H8O2S/c1-2-3-7-4-5-11-8(7)10-6-9/h2,4-6H,1,3H2. The van der Waals surface area contributed by atoms with Crippen LogP contribution in [0.15, 0.2) is 24.1 Å². The van der Waals surface area contributed by atoms with E-state index in [4.69, 9.17) is 4.74 Å². The summed E-state index contributed by atoms with van der Waals surface area (Å²) in [4.78, 5) is 9.99. The lowest BCUT2D eigenvalue weighted by atomic mass is 10.2. The Kier molecular flexibility index (Phi) is 2.86. The lowest BCUT2D eigenvalue weighted by molar-refractivity contribution is -0.120.